The third kappa shape index (κ3) is 1.62. The normalized spacial score (nSPS) is 11.1. The van der Waals surface area contributed by atoms with Gasteiger partial charge in [-0.05, 0) is 25.7 Å². The number of hydrogen-bond acceptors (Lipinski definition) is 3. The molecule has 0 aliphatic carbocycles. The van der Waals surface area contributed by atoms with Crippen molar-refractivity contribution in [2.24, 2.45) is 0 Å². The molecule has 3 nitrogen and oxygen atoms in total. The monoisotopic (exact) mass is 207 g/mol. The van der Waals surface area contributed by atoms with Crippen LogP contribution in [0.15, 0.2) is 17.2 Å². The van der Waals surface area contributed by atoms with Crippen molar-refractivity contribution in [3.8, 4) is 0 Å². The van der Waals surface area contributed by atoms with Crippen molar-refractivity contribution in [3.05, 3.63) is 23.5 Å². The summed E-state index contributed by atoms with van der Waals surface area (Å²) < 4.78 is 1.89. The Kier molecular flexibility index (Phi) is 2.46. The Morgan fingerprint density at radius 1 is 1.36 bits per heavy atom. The van der Waals surface area contributed by atoms with E-state index in [0.29, 0.717) is 0 Å². The van der Waals surface area contributed by atoms with E-state index in [0.717, 1.165) is 27.8 Å². The molecule has 0 unspecified atom stereocenters. The Bertz CT molecular complexity index is 462. The molecule has 0 fully saturated rings. The number of nitrogens with zero attached hydrogens (tertiary/aromatic N) is 3. The largest absolute Gasteiger partial charge is 0.234 e. The van der Waals surface area contributed by atoms with Crippen LogP contribution in [-0.2, 0) is 0 Å². The van der Waals surface area contributed by atoms with Gasteiger partial charge in [-0.1, -0.05) is 6.92 Å². The summed E-state index contributed by atoms with van der Waals surface area (Å²) >= 11 is 1.74. The molecule has 0 N–H and O–H groups in total. The molecule has 0 saturated carbocycles. The van der Waals surface area contributed by atoms with Crippen molar-refractivity contribution in [2.75, 3.05) is 5.75 Å². The first-order valence-corrected chi connectivity index (χ1v) is 5.66. The average molecular weight is 207 g/mol. The Balaban J connectivity index is 2.58. The minimum Gasteiger partial charge on any atom is -0.234 e. The maximum atomic E-state index is 4.46. The second-order valence-electron chi connectivity index (χ2n) is 3.22. The standard InChI is InChI=1S/C10H13N3S/c1-4-14-10-6-9-11-7(2)5-8(3)13(9)12-10/h5-6H,4H2,1-3H3. The van der Waals surface area contributed by atoms with Crippen molar-refractivity contribution >= 4 is 17.4 Å². The maximum absolute atomic E-state index is 4.46. The predicted molar refractivity (Wildman–Crippen MR) is 58.9 cm³/mol. The first-order valence-electron chi connectivity index (χ1n) is 4.67. The zero-order valence-electron chi connectivity index (χ0n) is 8.61. The fraction of sp³-hybridized carbons (Fsp3) is 0.400. The Hall–Kier alpha value is -1.03. The van der Waals surface area contributed by atoms with Gasteiger partial charge in [0.15, 0.2) is 5.65 Å². The fourth-order valence-corrected chi connectivity index (χ4v) is 2.11. The highest BCUT2D eigenvalue weighted by Crippen LogP contribution is 2.18. The van der Waals surface area contributed by atoms with Crippen LogP contribution in [0.3, 0.4) is 0 Å². The Labute approximate surface area is 87.5 Å². The molecular weight excluding hydrogens is 194 g/mol. The van der Waals surface area contributed by atoms with E-state index in [1.807, 2.05) is 23.6 Å². The van der Waals surface area contributed by atoms with Crippen LogP contribution in [0.2, 0.25) is 0 Å². The molecule has 0 radical (unpaired) electrons. The topological polar surface area (TPSA) is 30.2 Å². The van der Waals surface area contributed by atoms with Crippen LogP contribution in [0, 0.1) is 13.8 Å². The van der Waals surface area contributed by atoms with Crippen LogP contribution >= 0.6 is 11.8 Å². The first kappa shape index (κ1) is 9.52. The summed E-state index contributed by atoms with van der Waals surface area (Å²) in [6, 6.07) is 4.08. The lowest BCUT2D eigenvalue weighted by Gasteiger charge is -1.98. The summed E-state index contributed by atoms with van der Waals surface area (Å²) in [6.45, 7) is 6.18. The third-order valence-corrected chi connectivity index (χ3v) is 2.79. The van der Waals surface area contributed by atoms with E-state index < -0.39 is 0 Å². The van der Waals surface area contributed by atoms with Gasteiger partial charge >= 0.3 is 0 Å². The van der Waals surface area contributed by atoms with Crippen molar-refractivity contribution < 1.29 is 0 Å². The van der Waals surface area contributed by atoms with E-state index in [1.54, 1.807) is 11.8 Å². The smallest absolute Gasteiger partial charge is 0.156 e. The zero-order valence-corrected chi connectivity index (χ0v) is 9.43. The first-order chi connectivity index (χ1) is 6.70. The molecule has 0 aliphatic heterocycles. The summed E-state index contributed by atoms with van der Waals surface area (Å²) in [7, 11) is 0. The molecule has 2 aromatic heterocycles. The second kappa shape index (κ2) is 3.61. The number of aryl methyl sites for hydroxylation is 2. The number of aromatic nitrogens is 3. The van der Waals surface area contributed by atoms with Crippen LogP contribution in [0.25, 0.3) is 5.65 Å². The Morgan fingerprint density at radius 3 is 2.86 bits per heavy atom. The molecular formula is C10H13N3S. The van der Waals surface area contributed by atoms with Gasteiger partial charge in [-0.3, -0.25) is 0 Å². The number of hydrogen-bond donors (Lipinski definition) is 0. The van der Waals surface area contributed by atoms with Gasteiger partial charge in [0.1, 0.15) is 5.03 Å². The highest BCUT2D eigenvalue weighted by atomic mass is 32.2. The number of thioether (sulfide) groups is 1. The molecule has 14 heavy (non-hydrogen) atoms. The predicted octanol–water partition coefficient (Wildman–Crippen LogP) is 2.46. The molecule has 0 aliphatic rings. The quantitative estimate of drug-likeness (QED) is 0.709. The summed E-state index contributed by atoms with van der Waals surface area (Å²) in [6.07, 6.45) is 0. The van der Waals surface area contributed by atoms with Gasteiger partial charge in [-0.25, -0.2) is 9.50 Å². The fourth-order valence-electron chi connectivity index (χ4n) is 1.48. The zero-order chi connectivity index (χ0) is 10.1. The highest BCUT2D eigenvalue weighted by molar-refractivity contribution is 7.99. The summed E-state index contributed by atoms with van der Waals surface area (Å²) in [4.78, 5) is 4.43. The third-order valence-electron chi connectivity index (χ3n) is 2.00. The molecule has 0 atom stereocenters. The molecule has 2 heterocycles. The van der Waals surface area contributed by atoms with Crippen molar-refractivity contribution in [1.29, 1.82) is 0 Å². The molecule has 0 spiro atoms. The van der Waals surface area contributed by atoms with Gasteiger partial charge in [-0.2, -0.15) is 5.10 Å². The van der Waals surface area contributed by atoms with E-state index in [-0.39, 0.29) is 0 Å². The molecule has 0 saturated heterocycles. The van der Waals surface area contributed by atoms with Gasteiger partial charge in [0.2, 0.25) is 0 Å². The van der Waals surface area contributed by atoms with Crippen molar-refractivity contribution in [3.63, 3.8) is 0 Å². The van der Waals surface area contributed by atoms with Gasteiger partial charge < -0.3 is 0 Å². The lowest BCUT2D eigenvalue weighted by molar-refractivity contribution is 0.847. The summed E-state index contributed by atoms with van der Waals surface area (Å²) in [5.41, 5.74) is 3.12. The van der Waals surface area contributed by atoms with Crippen LogP contribution in [-0.4, -0.2) is 20.4 Å². The molecule has 74 valence electrons. The maximum Gasteiger partial charge on any atom is 0.156 e. The van der Waals surface area contributed by atoms with Crippen LogP contribution in [0.5, 0.6) is 0 Å². The molecule has 0 bridgehead atoms. The number of fused-ring (bicyclic) bond motifs is 1. The van der Waals surface area contributed by atoms with Crippen LogP contribution < -0.4 is 0 Å². The van der Waals surface area contributed by atoms with Crippen molar-refractivity contribution in [2.45, 2.75) is 25.8 Å². The molecule has 2 rings (SSSR count). The molecule has 0 aromatic carbocycles. The average Bonchev–Trinajstić information content (AvgIpc) is 2.48. The number of rotatable bonds is 2. The lowest BCUT2D eigenvalue weighted by Crippen LogP contribution is -1.96. The molecule has 4 heteroatoms. The van der Waals surface area contributed by atoms with E-state index in [4.69, 9.17) is 0 Å². The van der Waals surface area contributed by atoms with Gasteiger partial charge in [0.05, 0.1) is 0 Å². The van der Waals surface area contributed by atoms with E-state index in [2.05, 4.69) is 23.9 Å². The summed E-state index contributed by atoms with van der Waals surface area (Å²) in [5, 5.41) is 5.51. The van der Waals surface area contributed by atoms with Gasteiger partial charge in [0.25, 0.3) is 0 Å². The minimum absolute atomic E-state index is 0.943. The Morgan fingerprint density at radius 2 is 2.14 bits per heavy atom. The van der Waals surface area contributed by atoms with Gasteiger partial charge in [-0.15, -0.1) is 11.8 Å². The van der Waals surface area contributed by atoms with Crippen LogP contribution in [0.4, 0.5) is 0 Å². The summed E-state index contributed by atoms with van der Waals surface area (Å²) in [5.74, 6) is 1.04. The second-order valence-corrected chi connectivity index (χ2v) is 4.51. The highest BCUT2D eigenvalue weighted by Gasteiger charge is 2.04. The van der Waals surface area contributed by atoms with E-state index >= 15 is 0 Å². The minimum atomic E-state index is 0.943. The lowest BCUT2D eigenvalue weighted by atomic mass is 10.3. The van der Waals surface area contributed by atoms with E-state index in [9.17, 15) is 0 Å². The SMILES string of the molecule is CCSc1cc2nc(C)cc(C)n2n1. The molecule has 0 amide bonds. The van der Waals surface area contributed by atoms with Crippen molar-refractivity contribution in [1.82, 2.24) is 14.6 Å². The molecule has 2 aromatic rings. The van der Waals surface area contributed by atoms with E-state index in [1.165, 1.54) is 0 Å². The van der Waals surface area contributed by atoms with Crippen LogP contribution in [0.1, 0.15) is 18.3 Å². The van der Waals surface area contributed by atoms with Gasteiger partial charge in [0, 0.05) is 17.5 Å².